The zero-order valence-electron chi connectivity index (χ0n) is 13.8. The van der Waals surface area contributed by atoms with E-state index in [0.717, 1.165) is 12.2 Å². The Morgan fingerprint density at radius 2 is 2.00 bits per heavy atom. The number of aromatic nitrogens is 2. The van der Waals surface area contributed by atoms with Gasteiger partial charge in [-0.1, -0.05) is 33.1 Å². The molecule has 1 atom stereocenters. The Morgan fingerprint density at radius 1 is 1.27 bits per heavy atom. The van der Waals surface area contributed by atoms with Crippen LogP contribution in [0.25, 0.3) is 0 Å². The number of nitrogens with zero attached hydrogens (tertiary/aromatic N) is 3. The van der Waals surface area contributed by atoms with Gasteiger partial charge in [-0.25, -0.2) is 0 Å². The molecular formula is C18H27N3O. The lowest BCUT2D eigenvalue weighted by atomic mass is 9.55. The van der Waals surface area contributed by atoms with E-state index >= 15 is 0 Å². The van der Waals surface area contributed by atoms with Crippen LogP contribution in [0.5, 0.6) is 0 Å². The first-order valence-corrected chi connectivity index (χ1v) is 8.97. The molecule has 22 heavy (non-hydrogen) atoms. The van der Waals surface area contributed by atoms with Gasteiger partial charge in [0.2, 0.25) is 0 Å². The molecule has 1 saturated heterocycles. The highest BCUT2D eigenvalue weighted by Gasteiger charge is 2.58. The zero-order chi connectivity index (χ0) is 15.3. The minimum atomic E-state index is 0.209. The van der Waals surface area contributed by atoms with Crippen molar-refractivity contribution in [2.45, 2.75) is 70.9 Å². The standard InChI is InChI=1S/C18H27N3O/c1-13(2)16-18(9-5-10-18)12-20(16)17(22)15-8-11-19-21(15)14-6-3-4-7-14/h8,11,13-14,16H,3-7,9-10,12H2,1-2H3. The molecule has 1 amide bonds. The molecule has 4 nitrogen and oxygen atoms in total. The van der Waals surface area contributed by atoms with Crippen LogP contribution in [0.2, 0.25) is 0 Å². The Balaban J connectivity index is 1.56. The summed E-state index contributed by atoms with van der Waals surface area (Å²) in [7, 11) is 0. The Labute approximate surface area is 132 Å². The smallest absolute Gasteiger partial charge is 0.272 e. The van der Waals surface area contributed by atoms with Gasteiger partial charge in [0.25, 0.3) is 5.91 Å². The molecule has 2 heterocycles. The number of amides is 1. The lowest BCUT2D eigenvalue weighted by molar-refractivity contribution is -0.121. The third-order valence-corrected chi connectivity index (χ3v) is 6.25. The molecule has 1 unspecified atom stereocenters. The largest absolute Gasteiger partial charge is 0.333 e. The van der Waals surface area contributed by atoms with E-state index in [4.69, 9.17) is 0 Å². The molecular weight excluding hydrogens is 274 g/mol. The van der Waals surface area contributed by atoms with Crippen molar-refractivity contribution in [2.24, 2.45) is 11.3 Å². The van der Waals surface area contributed by atoms with Crippen molar-refractivity contribution in [3.63, 3.8) is 0 Å². The van der Waals surface area contributed by atoms with E-state index < -0.39 is 0 Å². The first-order valence-electron chi connectivity index (χ1n) is 8.97. The van der Waals surface area contributed by atoms with Crippen LogP contribution in [0.15, 0.2) is 12.3 Å². The summed E-state index contributed by atoms with van der Waals surface area (Å²) >= 11 is 0. The zero-order valence-corrected chi connectivity index (χ0v) is 13.8. The van der Waals surface area contributed by atoms with Crippen LogP contribution in [-0.4, -0.2) is 33.2 Å². The third kappa shape index (κ3) is 1.95. The van der Waals surface area contributed by atoms with Gasteiger partial charge in [-0.2, -0.15) is 5.10 Å². The highest BCUT2D eigenvalue weighted by Crippen LogP contribution is 2.55. The predicted molar refractivity (Wildman–Crippen MR) is 85.7 cm³/mol. The molecule has 1 aromatic rings. The molecule has 1 aromatic heterocycles. The lowest BCUT2D eigenvalue weighted by Gasteiger charge is -2.64. The molecule has 1 spiro atoms. The van der Waals surface area contributed by atoms with Crippen LogP contribution in [0.1, 0.15) is 75.3 Å². The topological polar surface area (TPSA) is 38.1 Å². The van der Waals surface area contributed by atoms with Crippen LogP contribution in [0.3, 0.4) is 0 Å². The van der Waals surface area contributed by atoms with Gasteiger partial charge >= 0.3 is 0 Å². The fourth-order valence-corrected chi connectivity index (χ4v) is 5.17. The second-order valence-corrected chi connectivity index (χ2v) is 7.94. The van der Waals surface area contributed by atoms with Gasteiger partial charge in [-0.3, -0.25) is 9.48 Å². The summed E-state index contributed by atoms with van der Waals surface area (Å²) in [6, 6.07) is 2.79. The van der Waals surface area contributed by atoms with Gasteiger partial charge in [0.1, 0.15) is 5.69 Å². The summed E-state index contributed by atoms with van der Waals surface area (Å²) in [5.41, 5.74) is 1.26. The molecule has 1 aliphatic heterocycles. The molecule has 2 saturated carbocycles. The first-order chi connectivity index (χ1) is 10.6. The summed E-state index contributed by atoms with van der Waals surface area (Å²) in [6.07, 6.45) is 10.6. The van der Waals surface area contributed by atoms with Crippen LogP contribution in [0.4, 0.5) is 0 Å². The predicted octanol–water partition coefficient (Wildman–Crippen LogP) is 3.65. The van der Waals surface area contributed by atoms with E-state index in [1.165, 1.54) is 44.9 Å². The number of rotatable bonds is 3. The van der Waals surface area contributed by atoms with Crippen molar-refractivity contribution in [2.75, 3.05) is 6.54 Å². The molecule has 0 radical (unpaired) electrons. The van der Waals surface area contributed by atoms with Crippen LogP contribution in [0, 0.1) is 11.3 Å². The second kappa shape index (κ2) is 5.10. The molecule has 0 bridgehead atoms. The molecule has 3 aliphatic rings. The Morgan fingerprint density at radius 3 is 2.59 bits per heavy atom. The van der Waals surface area contributed by atoms with Crippen molar-refractivity contribution in [3.8, 4) is 0 Å². The van der Waals surface area contributed by atoms with Gasteiger partial charge in [-0.15, -0.1) is 0 Å². The maximum Gasteiger partial charge on any atom is 0.272 e. The molecule has 120 valence electrons. The van der Waals surface area contributed by atoms with E-state index in [-0.39, 0.29) is 5.91 Å². The minimum absolute atomic E-state index is 0.209. The highest BCUT2D eigenvalue weighted by atomic mass is 16.2. The third-order valence-electron chi connectivity index (χ3n) is 6.25. The number of carbonyl (C=O) groups excluding carboxylic acids is 1. The molecule has 2 aliphatic carbocycles. The van der Waals surface area contributed by atoms with Gasteiger partial charge in [0.05, 0.1) is 6.04 Å². The second-order valence-electron chi connectivity index (χ2n) is 7.94. The summed E-state index contributed by atoms with van der Waals surface area (Å²) in [5.74, 6) is 0.751. The lowest BCUT2D eigenvalue weighted by Crippen LogP contribution is -2.70. The Hall–Kier alpha value is -1.32. The Bertz CT molecular complexity index is 567. The number of hydrogen-bond acceptors (Lipinski definition) is 2. The van der Waals surface area contributed by atoms with Gasteiger partial charge < -0.3 is 4.90 Å². The van der Waals surface area contributed by atoms with Crippen molar-refractivity contribution >= 4 is 5.91 Å². The monoisotopic (exact) mass is 301 g/mol. The summed E-state index contributed by atoms with van der Waals surface area (Å²) in [5, 5.41) is 4.47. The normalized spacial score (nSPS) is 27.2. The van der Waals surface area contributed by atoms with E-state index in [9.17, 15) is 4.79 Å². The quantitative estimate of drug-likeness (QED) is 0.854. The first kappa shape index (κ1) is 14.3. The Kier molecular flexibility index (Phi) is 3.31. The van der Waals surface area contributed by atoms with Crippen molar-refractivity contribution in [3.05, 3.63) is 18.0 Å². The van der Waals surface area contributed by atoms with Crippen LogP contribution >= 0.6 is 0 Å². The van der Waals surface area contributed by atoms with E-state index in [1.54, 1.807) is 6.20 Å². The van der Waals surface area contributed by atoms with Gasteiger partial charge in [-0.05, 0) is 37.7 Å². The fourth-order valence-electron chi connectivity index (χ4n) is 5.17. The molecule has 4 rings (SSSR count). The number of carbonyl (C=O) groups is 1. The van der Waals surface area contributed by atoms with Crippen molar-refractivity contribution < 1.29 is 4.79 Å². The minimum Gasteiger partial charge on any atom is -0.333 e. The summed E-state index contributed by atoms with van der Waals surface area (Å²) in [4.78, 5) is 15.2. The fraction of sp³-hybridized carbons (Fsp3) is 0.778. The van der Waals surface area contributed by atoms with Gasteiger partial charge in [0.15, 0.2) is 0 Å². The average Bonchev–Trinajstić information content (AvgIpc) is 3.05. The van der Waals surface area contributed by atoms with Crippen LogP contribution < -0.4 is 0 Å². The van der Waals surface area contributed by atoms with Gasteiger partial charge in [0, 0.05) is 24.2 Å². The average molecular weight is 301 g/mol. The summed E-state index contributed by atoms with van der Waals surface area (Å²) < 4.78 is 2.01. The van der Waals surface area contributed by atoms with Crippen molar-refractivity contribution in [1.82, 2.24) is 14.7 Å². The van der Waals surface area contributed by atoms with E-state index in [0.29, 0.717) is 23.4 Å². The maximum absolute atomic E-state index is 13.1. The highest BCUT2D eigenvalue weighted by molar-refractivity contribution is 5.93. The molecule has 0 N–H and O–H groups in total. The maximum atomic E-state index is 13.1. The molecule has 3 fully saturated rings. The van der Waals surface area contributed by atoms with E-state index in [2.05, 4.69) is 23.8 Å². The van der Waals surface area contributed by atoms with E-state index in [1.807, 2.05) is 10.7 Å². The SMILES string of the molecule is CC(C)C1N(C(=O)c2ccnn2C2CCCC2)CC12CCC2. The van der Waals surface area contributed by atoms with Crippen molar-refractivity contribution in [1.29, 1.82) is 0 Å². The number of likely N-dealkylation sites (tertiary alicyclic amines) is 1. The molecule has 0 aromatic carbocycles. The molecule has 4 heteroatoms. The summed E-state index contributed by atoms with van der Waals surface area (Å²) in [6.45, 7) is 5.49. The number of hydrogen-bond donors (Lipinski definition) is 0. The van der Waals surface area contributed by atoms with Crippen LogP contribution in [-0.2, 0) is 0 Å².